The maximum Gasteiger partial charge on any atom is 0.240 e. The SMILES string of the molecule is Cc1cc(SC(C)C(=O)Nc2ccc(S(=O)(=O)NCC(C)C)cc2)ncn1. The lowest BCUT2D eigenvalue weighted by Crippen LogP contribution is -2.27. The Morgan fingerprint density at radius 3 is 2.41 bits per heavy atom. The average molecular weight is 409 g/mol. The third kappa shape index (κ3) is 6.60. The van der Waals surface area contributed by atoms with E-state index in [4.69, 9.17) is 0 Å². The van der Waals surface area contributed by atoms with Crippen molar-refractivity contribution in [3.8, 4) is 0 Å². The van der Waals surface area contributed by atoms with E-state index < -0.39 is 10.0 Å². The molecule has 1 aromatic carbocycles. The number of anilines is 1. The van der Waals surface area contributed by atoms with E-state index >= 15 is 0 Å². The Morgan fingerprint density at radius 2 is 1.81 bits per heavy atom. The van der Waals surface area contributed by atoms with Crippen LogP contribution in [0.4, 0.5) is 5.69 Å². The van der Waals surface area contributed by atoms with E-state index in [0.717, 1.165) is 10.7 Å². The topological polar surface area (TPSA) is 101 Å². The van der Waals surface area contributed by atoms with Crippen LogP contribution in [0.25, 0.3) is 0 Å². The molecule has 1 atom stereocenters. The van der Waals surface area contributed by atoms with Gasteiger partial charge in [-0.25, -0.2) is 23.1 Å². The summed E-state index contributed by atoms with van der Waals surface area (Å²) < 4.78 is 26.9. The molecule has 0 aliphatic heterocycles. The van der Waals surface area contributed by atoms with Gasteiger partial charge in [0.1, 0.15) is 11.4 Å². The zero-order chi connectivity index (χ0) is 20.0. The van der Waals surface area contributed by atoms with Crippen LogP contribution in [0.15, 0.2) is 46.6 Å². The molecule has 0 fully saturated rings. The van der Waals surface area contributed by atoms with Crippen molar-refractivity contribution in [2.75, 3.05) is 11.9 Å². The van der Waals surface area contributed by atoms with Crippen LogP contribution in [-0.4, -0.2) is 36.1 Å². The fourth-order valence-corrected chi connectivity index (χ4v) is 4.14. The van der Waals surface area contributed by atoms with Crippen molar-refractivity contribution >= 4 is 33.4 Å². The molecule has 146 valence electrons. The number of benzene rings is 1. The molecule has 1 aromatic heterocycles. The highest BCUT2D eigenvalue weighted by atomic mass is 32.2. The standard InChI is InChI=1S/C18H24N4O3S2/c1-12(2)10-21-27(24,25)16-7-5-15(6-8-16)22-18(23)14(4)26-17-9-13(3)19-11-20-17/h5-9,11-12,14,21H,10H2,1-4H3,(H,22,23). The largest absolute Gasteiger partial charge is 0.325 e. The summed E-state index contributed by atoms with van der Waals surface area (Å²) in [5.74, 6) is 0.0285. The molecule has 1 heterocycles. The van der Waals surface area contributed by atoms with Crippen molar-refractivity contribution in [1.82, 2.24) is 14.7 Å². The molecule has 2 N–H and O–H groups in total. The van der Waals surface area contributed by atoms with Crippen LogP contribution in [0.2, 0.25) is 0 Å². The third-order valence-electron chi connectivity index (χ3n) is 3.56. The summed E-state index contributed by atoms with van der Waals surface area (Å²) in [7, 11) is -3.54. The lowest BCUT2D eigenvalue weighted by molar-refractivity contribution is -0.115. The minimum Gasteiger partial charge on any atom is -0.325 e. The second kappa shape index (κ2) is 9.29. The number of carbonyl (C=O) groups excluding carboxylic acids is 1. The number of nitrogens with zero attached hydrogens (tertiary/aromatic N) is 2. The van der Waals surface area contributed by atoms with E-state index in [-0.39, 0.29) is 22.0 Å². The Morgan fingerprint density at radius 1 is 1.15 bits per heavy atom. The summed E-state index contributed by atoms with van der Waals surface area (Å²) in [6.07, 6.45) is 1.47. The number of aromatic nitrogens is 2. The zero-order valence-corrected chi connectivity index (χ0v) is 17.4. The summed E-state index contributed by atoms with van der Waals surface area (Å²) in [5, 5.41) is 3.15. The number of hydrogen-bond acceptors (Lipinski definition) is 6. The van der Waals surface area contributed by atoms with Crippen LogP contribution in [0, 0.1) is 12.8 Å². The normalized spacial score (nSPS) is 12.8. The van der Waals surface area contributed by atoms with Crippen molar-refractivity contribution in [3.05, 3.63) is 42.4 Å². The van der Waals surface area contributed by atoms with Crippen molar-refractivity contribution in [2.24, 2.45) is 5.92 Å². The first-order valence-corrected chi connectivity index (χ1v) is 10.9. The maximum absolute atomic E-state index is 12.4. The van der Waals surface area contributed by atoms with Crippen molar-refractivity contribution in [1.29, 1.82) is 0 Å². The summed E-state index contributed by atoms with van der Waals surface area (Å²) >= 11 is 1.33. The number of thioether (sulfide) groups is 1. The first-order chi connectivity index (χ1) is 12.7. The minimum atomic E-state index is -3.54. The lowest BCUT2D eigenvalue weighted by atomic mass is 10.2. The monoisotopic (exact) mass is 408 g/mol. The predicted molar refractivity (Wildman–Crippen MR) is 107 cm³/mol. The van der Waals surface area contributed by atoms with Crippen molar-refractivity contribution < 1.29 is 13.2 Å². The first kappa shape index (κ1) is 21.3. The van der Waals surface area contributed by atoms with Crippen LogP contribution in [0.3, 0.4) is 0 Å². The smallest absolute Gasteiger partial charge is 0.240 e. The Balaban J connectivity index is 1.98. The van der Waals surface area contributed by atoms with Gasteiger partial charge in [0.15, 0.2) is 0 Å². The molecule has 0 spiro atoms. The Labute approximate surface area is 164 Å². The van der Waals surface area contributed by atoms with E-state index in [2.05, 4.69) is 20.0 Å². The summed E-state index contributed by atoms with van der Waals surface area (Å²) in [4.78, 5) is 20.7. The molecule has 2 rings (SSSR count). The molecule has 0 saturated carbocycles. The van der Waals surface area contributed by atoms with Gasteiger partial charge in [-0.15, -0.1) is 0 Å². The van der Waals surface area contributed by atoms with Crippen LogP contribution in [-0.2, 0) is 14.8 Å². The van der Waals surface area contributed by atoms with E-state index in [0.29, 0.717) is 12.2 Å². The maximum atomic E-state index is 12.4. The van der Waals surface area contributed by atoms with E-state index in [9.17, 15) is 13.2 Å². The van der Waals surface area contributed by atoms with Gasteiger partial charge in [-0.2, -0.15) is 0 Å². The number of carbonyl (C=O) groups is 1. The van der Waals surface area contributed by atoms with Gasteiger partial charge in [0.25, 0.3) is 0 Å². The second-order valence-corrected chi connectivity index (χ2v) is 9.65. The number of rotatable bonds is 8. The van der Waals surface area contributed by atoms with E-state index in [1.165, 1.54) is 30.2 Å². The summed E-state index contributed by atoms with van der Waals surface area (Å²) in [5.41, 5.74) is 1.37. The number of nitrogens with one attached hydrogen (secondary N) is 2. The molecule has 9 heteroatoms. The lowest BCUT2D eigenvalue weighted by Gasteiger charge is -2.12. The van der Waals surface area contributed by atoms with Gasteiger partial charge >= 0.3 is 0 Å². The van der Waals surface area contributed by atoms with Crippen LogP contribution in [0.5, 0.6) is 0 Å². The fourth-order valence-electron chi connectivity index (χ4n) is 2.05. The quantitative estimate of drug-likeness (QED) is 0.514. The Kier molecular flexibility index (Phi) is 7.34. The van der Waals surface area contributed by atoms with Crippen molar-refractivity contribution in [2.45, 2.75) is 42.9 Å². The summed E-state index contributed by atoms with van der Waals surface area (Å²) in [6.45, 7) is 7.89. The minimum absolute atomic E-state index is 0.167. The van der Waals surface area contributed by atoms with Crippen LogP contribution >= 0.6 is 11.8 Å². The second-order valence-electron chi connectivity index (χ2n) is 6.52. The number of aryl methyl sites for hydroxylation is 1. The molecular weight excluding hydrogens is 384 g/mol. The molecule has 7 nitrogen and oxygen atoms in total. The van der Waals surface area contributed by atoms with Gasteiger partial charge in [0.05, 0.1) is 10.1 Å². The van der Waals surface area contributed by atoms with Gasteiger partial charge in [-0.1, -0.05) is 25.6 Å². The zero-order valence-electron chi connectivity index (χ0n) is 15.8. The number of amides is 1. The highest BCUT2D eigenvalue weighted by Crippen LogP contribution is 2.22. The van der Waals surface area contributed by atoms with E-state index in [1.807, 2.05) is 26.8 Å². The van der Waals surface area contributed by atoms with Crippen molar-refractivity contribution in [3.63, 3.8) is 0 Å². The number of sulfonamides is 1. The van der Waals surface area contributed by atoms with E-state index in [1.54, 1.807) is 19.1 Å². The van der Waals surface area contributed by atoms with Gasteiger partial charge in [0, 0.05) is 17.9 Å². The number of hydrogen-bond donors (Lipinski definition) is 2. The highest BCUT2D eigenvalue weighted by Gasteiger charge is 2.17. The molecule has 1 amide bonds. The molecule has 2 aromatic rings. The molecule has 0 bridgehead atoms. The first-order valence-electron chi connectivity index (χ1n) is 8.53. The molecular formula is C18H24N4O3S2. The fraction of sp³-hybridized carbons (Fsp3) is 0.389. The average Bonchev–Trinajstić information content (AvgIpc) is 2.60. The molecule has 0 radical (unpaired) electrons. The predicted octanol–water partition coefficient (Wildman–Crippen LogP) is 2.84. The molecule has 0 aliphatic carbocycles. The molecule has 27 heavy (non-hydrogen) atoms. The van der Waals surface area contributed by atoms with Gasteiger partial charge < -0.3 is 5.32 Å². The van der Waals surface area contributed by atoms with Gasteiger partial charge in [-0.3, -0.25) is 4.79 Å². The van der Waals surface area contributed by atoms with Gasteiger partial charge in [0.2, 0.25) is 15.9 Å². The Bertz CT molecular complexity index is 884. The molecule has 0 saturated heterocycles. The Hall–Kier alpha value is -1.97. The van der Waals surface area contributed by atoms with Crippen LogP contribution in [0.1, 0.15) is 26.5 Å². The third-order valence-corrected chi connectivity index (χ3v) is 6.03. The molecule has 0 aliphatic rings. The summed E-state index contributed by atoms with van der Waals surface area (Å²) in [6, 6.07) is 7.92. The van der Waals surface area contributed by atoms with Crippen LogP contribution < -0.4 is 10.0 Å². The highest BCUT2D eigenvalue weighted by molar-refractivity contribution is 8.00. The molecule has 1 unspecified atom stereocenters. The van der Waals surface area contributed by atoms with Gasteiger partial charge in [-0.05, 0) is 50.1 Å².